The predicted octanol–water partition coefficient (Wildman–Crippen LogP) is 1.12. The van der Waals surface area contributed by atoms with Gasteiger partial charge in [0.1, 0.15) is 6.29 Å². The Bertz CT molecular complexity index is 127. The van der Waals surface area contributed by atoms with E-state index in [1.165, 1.54) is 0 Å². The minimum Gasteiger partial charge on any atom is -0.348 e. The maximum atomic E-state index is 10.0. The molecule has 1 heterocycles. The zero-order chi connectivity index (χ0) is 8.16. The molecule has 11 heavy (non-hydrogen) atoms. The molecule has 0 aromatic heterocycles. The van der Waals surface area contributed by atoms with Crippen LogP contribution < -0.4 is 0 Å². The summed E-state index contributed by atoms with van der Waals surface area (Å²) >= 11 is 0. The predicted molar refractivity (Wildman–Crippen MR) is 40.2 cm³/mol. The summed E-state index contributed by atoms with van der Waals surface area (Å²) in [6.07, 6.45) is 3.19. The molecular formula is C8H14O3. The number of hydrogen-bond donors (Lipinski definition) is 0. The van der Waals surface area contributed by atoms with Crippen molar-refractivity contribution in [3.8, 4) is 0 Å². The lowest BCUT2D eigenvalue weighted by Crippen LogP contribution is -2.25. The number of rotatable bonds is 4. The van der Waals surface area contributed by atoms with E-state index < -0.39 is 5.79 Å². The molecule has 0 unspecified atom stereocenters. The summed E-state index contributed by atoms with van der Waals surface area (Å²) in [6, 6.07) is 0. The second kappa shape index (κ2) is 3.83. The largest absolute Gasteiger partial charge is 0.348 e. The lowest BCUT2D eigenvalue weighted by molar-refractivity contribution is -0.147. The first-order valence-electron chi connectivity index (χ1n) is 3.98. The second-order valence-electron chi connectivity index (χ2n) is 2.89. The normalized spacial score (nSPS) is 21.9. The van der Waals surface area contributed by atoms with Gasteiger partial charge in [0.05, 0.1) is 13.2 Å². The first-order valence-corrected chi connectivity index (χ1v) is 3.98. The van der Waals surface area contributed by atoms with Gasteiger partial charge in [0.15, 0.2) is 5.79 Å². The van der Waals surface area contributed by atoms with Crippen LogP contribution in [-0.4, -0.2) is 25.3 Å². The van der Waals surface area contributed by atoms with E-state index in [1.54, 1.807) is 0 Å². The molecule has 64 valence electrons. The molecule has 3 heteroatoms. The summed E-state index contributed by atoms with van der Waals surface area (Å²) in [4.78, 5) is 10.0. The molecule has 0 aromatic carbocycles. The Labute approximate surface area is 66.7 Å². The van der Waals surface area contributed by atoms with E-state index in [2.05, 4.69) is 0 Å². The first-order chi connectivity index (χ1) is 5.27. The molecule has 3 nitrogen and oxygen atoms in total. The van der Waals surface area contributed by atoms with Gasteiger partial charge in [-0.05, 0) is 13.3 Å². The molecule has 0 spiro atoms. The molecule has 1 saturated heterocycles. The highest BCUT2D eigenvalue weighted by Crippen LogP contribution is 2.24. The lowest BCUT2D eigenvalue weighted by Gasteiger charge is -2.21. The van der Waals surface area contributed by atoms with E-state index >= 15 is 0 Å². The molecule has 0 radical (unpaired) electrons. The summed E-state index contributed by atoms with van der Waals surface area (Å²) in [5, 5.41) is 0. The van der Waals surface area contributed by atoms with Crippen LogP contribution in [0, 0.1) is 0 Å². The fourth-order valence-corrected chi connectivity index (χ4v) is 1.21. The third-order valence-corrected chi connectivity index (χ3v) is 1.85. The van der Waals surface area contributed by atoms with Gasteiger partial charge >= 0.3 is 0 Å². The fraction of sp³-hybridized carbons (Fsp3) is 0.875. The average Bonchev–Trinajstić information content (AvgIpc) is 2.38. The smallest absolute Gasteiger partial charge is 0.165 e. The zero-order valence-electron chi connectivity index (χ0n) is 6.84. The fourth-order valence-electron chi connectivity index (χ4n) is 1.21. The van der Waals surface area contributed by atoms with E-state index in [-0.39, 0.29) is 0 Å². The summed E-state index contributed by atoms with van der Waals surface area (Å²) < 4.78 is 10.7. The molecule has 1 aliphatic heterocycles. The quantitative estimate of drug-likeness (QED) is 0.454. The average molecular weight is 158 g/mol. The van der Waals surface area contributed by atoms with Crippen LogP contribution in [-0.2, 0) is 14.3 Å². The van der Waals surface area contributed by atoms with Crippen molar-refractivity contribution in [3.05, 3.63) is 0 Å². The van der Waals surface area contributed by atoms with E-state index in [9.17, 15) is 4.79 Å². The van der Waals surface area contributed by atoms with E-state index in [4.69, 9.17) is 9.47 Å². The third-order valence-electron chi connectivity index (χ3n) is 1.85. The Kier molecular flexibility index (Phi) is 3.02. The Morgan fingerprint density at radius 3 is 2.64 bits per heavy atom. The minimum absolute atomic E-state index is 0.414. The highest BCUT2D eigenvalue weighted by Gasteiger charge is 2.29. The zero-order valence-corrected chi connectivity index (χ0v) is 6.84. The van der Waals surface area contributed by atoms with Crippen molar-refractivity contribution in [2.24, 2.45) is 0 Å². The number of carbonyl (C=O) groups excluding carboxylic acids is 1. The van der Waals surface area contributed by atoms with Gasteiger partial charge < -0.3 is 14.3 Å². The Morgan fingerprint density at radius 1 is 1.45 bits per heavy atom. The van der Waals surface area contributed by atoms with Crippen molar-refractivity contribution in [3.63, 3.8) is 0 Å². The Hall–Kier alpha value is -0.410. The van der Waals surface area contributed by atoms with Crippen LogP contribution in [0.5, 0.6) is 0 Å². The van der Waals surface area contributed by atoms with Crippen LogP contribution in [0.2, 0.25) is 0 Å². The van der Waals surface area contributed by atoms with Crippen LogP contribution in [0.15, 0.2) is 0 Å². The van der Waals surface area contributed by atoms with Gasteiger partial charge in [-0.25, -0.2) is 0 Å². The summed E-state index contributed by atoms with van der Waals surface area (Å²) in [5.74, 6) is -0.414. The monoisotopic (exact) mass is 158 g/mol. The summed E-state index contributed by atoms with van der Waals surface area (Å²) in [5.41, 5.74) is 0. The highest BCUT2D eigenvalue weighted by atomic mass is 16.7. The van der Waals surface area contributed by atoms with Gasteiger partial charge in [-0.2, -0.15) is 0 Å². The number of hydrogen-bond acceptors (Lipinski definition) is 3. The van der Waals surface area contributed by atoms with Crippen molar-refractivity contribution < 1.29 is 14.3 Å². The molecule has 1 fully saturated rings. The Balaban J connectivity index is 2.17. The van der Waals surface area contributed by atoms with E-state index in [1.807, 2.05) is 6.92 Å². The van der Waals surface area contributed by atoms with E-state index in [0.29, 0.717) is 19.6 Å². The number of carbonyl (C=O) groups is 1. The first kappa shape index (κ1) is 8.68. The van der Waals surface area contributed by atoms with Gasteiger partial charge in [0, 0.05) is 12.8 Å². The van der Waals surface area contributed by atoms with Crippen LogP contribution in [0.3, 0.4) is 0 Å². The van der Waals surface area contributed by atoms with Crippen molar-refractivity contribution in [2.75, 3.05) is 13.2 Å². The maximum absolute atomic E-state index is 10.0. The van der Waals surface area contributed by atoms with Crippen LogP contribution in [0.25, 0.3) is 0 Å². The van der Waals surface area contributed by atoms with Gasteiger partial charge in [0.25, 0.3) is 0 Å². The van der Waals surface area contributed by atoms with Crippen molar-refractivity contribution in [2.45, 2.75) is 32.0 Å². The Morgan fingerprint density at radius 2 is 2.09 bits per heavy atom. The number of aldehydes is 1. The molecule has 0 N–H and O–H groups in total. The molecular weight excluding hydrogens is 144 g/mol. The van der Waals surface area contributed by atoms with Gasteiger partial charge in [0.2, 0.25) is 0 Å². The van der Waals surface area contributed by atoms with Crippen molar-refractivity contribution in [1.82, 2.24) is 0 Å². The third kappa shape index (κ3) is 2.60. The molecule has 0 saturated carbocycles. The number of ether oxygens (including phenoxy) is 2. The topological polar surface area (TPSA) is 35.5 Å². The van der Waals surface area contributed by atoms with Crippen molar-refractivity contribution >= 4 is 6.29 Å². The van der Waals surface area contributed by atoms with Crippen LogP contribution >= 0.6 is 0 Å². The van der Waals surface area contributed by atoms with E-state index in [0.717, 1.165) is 19.1 Å². The molecule has 0 amide bonds. The van der Waals surface area contributed by atoms with Crippen LogP contribution in [0.1, 0.15) is 26.2 Å². The molecule has 1 aliphatic rings. The highest BCUT2D eigenvalue weighted by molar-refractivity contribution is 5.48. The standard InChI is InChI=1S/C8H14O3/c1-8(4-2-3-5-9)10-6-7-11-8/h5H,2-4,6-7H2,1H3. The lowest BCUT2D eigenvalue weighted by atomic mass is 10.1. The van der Waals surface area contributed by atoms with Crippen LogP contribution in [0.4, 0.5) is 0 Å². The van der Waals surface area contributed by atoms with Crippen molar-refractivity contribution in [1.29, 1.82) is 0 Å². The molecule has 0 atom stereocenters. The molecule has 0 aliphatic carbocycles. The van der Waals surface area contributed by atoms with Gasteiger partial charge in [-0.15, -0.1) is 0 Å². The molecule has 1 rings (SSSR count). The van der Waals surface area contributed by atoms with Gasteiger partial charge in [-0.1, -0.05) is 0 Å². The summed E-state index contributed by atoms with van der Waals surface area (Å²) in [6.45, 7) is 3.28. The maximum Gasteiger partial charge on any atom is 0.165 e. The number of unbranched alkanes of at least 4 members (excludes halogenated alkanes) is 1. The second-order valence-corrected chi connectivity index (χ2v) is 2.89. The van der Waals surface area contributed by atoms with Gasteiger partial charge in [-0.3, -0.25) is 0 Å². The minimum atomic E-state index is -0.414. The molecule has 0 bridgehead atoms. The molecule has 0 aromatic rings. The summed E-state index contributed by atoms with van der Waals surface area (Å²) in [7, 11) is 0. The SMILES string of the molecule is CC1(CCCC=O)OCCO1.